The first kappa shape index (κ1) is 10.2. The summed E-state index contributed by atoms with van der Waals surface area (Å²) in [6.45, 7) is 0. The van der Waals surface area contributed by atoms with Crippen LogP contribution in [0.5, 0.6) is 0 Å². The molecule has 1 atom stereocenters. The zero-order valence-corrected chi connectivity index (χ0v) is 7.31. The van der Waals surface area contributed by atoms with E-state index >= 15 is 0 Å². The van der Waals surface area contributed by atoms with E-state index in [1.165, 1.54) is 0 Å². The maximum absolute atomic E-state index is 13.5. The fourth-order valence-corrected chi connectivity index (χ4v) is 1.24. The Morgan fingerprint density at radius 3 is 2.77 bits per heavy atom. The molecule has 75 valence electrons. The number of halogens is 2. The monoisotopic (exact) mass is 193 g/mol. The Balaban J connectivity index is 2.56. The highest BCUT2D eigenvalue weighted by molar-refractivity contribution is 5.60. The van der Waals surface area contributed by atoms with E-state index in [4.69, 9.17) is 0 Å². The second kappa shape index (κ2) is 3.89. The van der Waals surface area contributed by atoms with Gasteiger partial charge in [-0.25, -0.2) is 9.18 Å². The summed E-state index contributed by atoms with van der Waals surface area (Å²) >= 11 is 0. The normalized spacial score (nSPS) is 29.8. The lowest BCUT2D eigenvalue weighted by atomic mass is 9.94. The van der Waals surface area contributed by atoms with Crippen molar-refractivity contribution >= 4 is 6.16 Å². The van der Waals surface area contributed by atoms with Crippen molar-refractivity contribution in [2.24, 2.45) is 0 Å². The Bertz CT molecular complexity index is 198. The van der Waals surface area contributed by atoms with Crippen LogP contribution in [0.25, 0.3) is 0 Å². The molecule has 0 N–H and O–H groups in total. The van der Waals surface area contributed by atoms with E-state index in [-0.39, 0.29) is 12.8 Å². The largest absolute Gasteiger partial charge is 0.510 e. The molecule has 0 aromatic heterocycles. The van der Waals surface area contributed by atoms with Gasteiger partial charge in [0.15, 0.2) is 0 Å². The first-order chi connectivity index (χ1) is 6.08. The van der Waals surface area contributed by atoms with Gasteiger partial charge in [-0.1, -0.05) is 0 Å². The van der Waals surface area contributed by atoms with E-state index < -0.39 is 18.2 Å². The van der Waals surface area contributed by atoms with Crippen molar-refractivity contribution in [3.63, 3.8) is 0 Å². The van der Waals surface area contributed by atoms with Gasteiger partial charge in [-0.2, -0.15) is 4.39 Å². The number of methoxy groups -OCH3 is 1. The number of carbonyl (C=O) groups is 1. The molecule has 3 nitrogen and oxygen atoms in total. The molecule has 0 aromatic rings. The van der Waals surface area contributed by atoms with Gasteiger partial charge in [0.1, 0.15) is 0 Å². The van der Waals surface area contributed by atoms with Crippen molar-refractivity contribution in [1.82, 2.24) is 0 Å². The highest BCUT2D eigenvalue weighted by Gasteiger charge is 2.47. The zero-order chi connectivity index (χ0) is 9.90. The summed E-state index contributed by atoms with van der Waals surface area (Å²) in [6.07, 6.45) is -1.16. The summed E-state index contributed by atoms with van der Waals surface area (Å²) < 4.78 is 34.7. The minimum atomic E-state index is -2.56. The second-order valence-electron chi connectivity index (χ2n) is 2.90. The summed E-state index contributed by atoms with van der Waals surface area (Å²) in [5, 5.41) is 0. The molecule has 5 heteroatoms. The highest BCUT2D eigenvalue weighted by atomic mass is 19.2. The van der Waals surface area contributed by atoms with Crippen LogP contribution in [0.3, 0.4) is 0 Å². The quantitative estimate of drug-likeness (QED) is 0.600. The second-order valence-corrected chi connectivity index (χ2v) is 2.90. The first-order valence-corrected chi connectivity index (χ1v) is 4.06. The van der Waals surface area contributed by atoms with Gasteiger partial charge in [0, 0.05) is 6.42 Å². The molecule has 1 rings (SSSR count). The zero-order valence-electron chi connectivity index (χ0n) is 7.31. The molecule has 1 aliphatic carbocycles. The van der Waals surface area contributed by atoms with Crippen LogP contribution in [-0.2, 0) is 9.47 Å². The van der Waals surface area contributed by atoms with Gasteiger partial charge in [-0.05, 0) is 19.3 Å². The molecule has 1 aliphatic rings. The molecule has 1 unspecified atom stereocenters. The fourth-order valence-electron chi connectivity index (χ4n) is 1.24. The number of alkyl halides is 1. The van der Waals surface area contributed by atoms with E-state index in [0.717, 1.165) is 7.11 Å². The van der Waals surface area contributed by atoms with Gasteiger partial charge in [0.05, 0.1) is 7.11 Å². The lowest BCUT2D eigenvalue weighted by Crippen LogP contribution is -2.37. The molecule has 0 heterocycles. The summed E-state index contributed by atoms with van der Waals surface area (Å²) in [7, 11) is 1.05. The van der Waals surface area contributed by atoms with Crippen LogP contribution in [0, 0.1) is 6.17 Å². The van der Waals surface area contributed by atoms with Crippen LogP contribution in [0.4, 0.5) is 13.6 Å². The third-order valence-electron chi connectivity index (χ3n) is 1.96. The molecule has 1 fully saturated rings. The van der Waals surface area contributed by atoms with E-state index in [0.29, 0.717) is 12.8 Å². The highest BCUT2D eigenvalue weighted by Crippen LogP contribution is 2.40. The molecule has 0 aromatic carbocycles. The number of carbonyl (C=O) groups excluding carboxylic acids is 1. The minimum absolute atomic E-state index is 0.00743. The van der Waals surface area contributed by atoms with Crippen molar-refractivity contribution < 1.29 is 23.0 Å². The maximum Gasteiger partial charge on any atom is 0.510 e. The number of hydrogen-bond acceptors (Lipinski definition) is 3. The van der Waals surface area contributed by atoms with Gasteiger partial charge in [-0.15, -0.1) is 0 Å². The summed E-state index contributed by atoms with van der Waals surface area (Å²) in [5.41, 5.74) is 0. The lowest BCUT2D eigenvalue weighted by Gasteiger charge is -2.30. The fraction of sp³-hybridized carbons (Fsp3) is 0.750. The van der Waals surface area contributed by atoms with E-state index in [1.54, 1.807) is 0 Å². The summed E-state index contributed by atoms with van der Waals surface area (Å²) in [4.78, 5) is 10.6. The maximum atomic E-state index is 13.5. The molecule has 1 radical (unpaired) electrons. The molecule has 0 aliphatic heterocycles. The molecular formula is C8H11F2O3. The Kier molecular flexibility index (Phi) is 3.06. The summed E-state index contributed by atoms with van der Waals surface area (Å²) in [6, 6.07) is 0. The molecule has 0 amide bonds. The minimum Gasteiger partial charge on any atom is -0.438 e. The SMILES string of the molecule is COC(=O)OC1(F)CCCC[C]1F. The number of ether oxygens (including phenoxy) is 2. The Labute approximate surface area is 75.0 Å². The van der Waals surface area contributed by atoms with Crippen molar-refractivity contribution in [2.75, 3.05) is 7.11 Å². The molecule has 1 saturated carbocycles. The average molecular weight is 193 g/mol. The van der Waals surface area contributed by atoms with Crippen molar-refractivity contribution in [1.29, 1.82) is 0 Å². The molecular weight excluding hydrogens is 182 g/mol. The van der Waals surface area contributed by atoms with Crippen LogP contribution in [-0.4, -0.2) is 19.1 Å². The predicted octanol–water partition coefficient (Wildman–Crippen LogP) is 2.51. The van der Waals surface area contributed by atoms with Crippen LogP contribution in [0.2, 0.25) is 0 Å². The van der Waals surface area contributed by atoms with Gasteiger partial charge in [-0.3, -0.25) is 0 Å². The smallest absolute Gasteiger partial charge is 0.438 e. The van der Waals surface area contributed by atoms with E-state index in [2.05, 4.69) is 9.47 Å². The van der Waals surface area contributed by atoms with E-state index in [9.17, 15) is 13.6 Å². The van der Waals surface area contributed by atoms with Crippen LogP contribution < -0.4 is 0 Å². The molecule has 0 spiro atoms. The third kappa shape index (κ3) is 2.29. The van der Waals surface area contributed by atoms with Gasteiger partial charge >= 0.3 is 6.16 Å². The van der Waals surface area contributed by atoms with Gasteiger partial charge < -0.3 is 9.47 Å². The number of hydrogen-bond donors (Lipinski definition) is 0. The molecule has 0 saturated heterocycles. The van der Waals surface area contributed by atoms with Gasteiger partial charge in [0.25, 0.3) is 5.85 Å². The summed E-state index contributed by atoms with van der Waals surface area (Å²) in [5.74, 6) is -2.56. The van der Waals surface area contributed by atoms with Crippen LogP contribution in [0.1, 0.15) is 25.7 Å². The van der Waals surface area contributed by atoms with Crippen molar-refractivity contribution in [3.8, 4) is 0 Å². The van der Waals surface area contributed by atoms with Crippen molar-refractivity contribution in [2.45, 2.75) is 31.5 Å². The first-order valence-electron chi connectivity index (χ1n) is 4.06. The predicted molar refractivity (Wildman–Crippen MR) is 40.1 cm³/mol. The Hall–Kier alpha value is -0.870. The van der Waals surface area contributed by atoms with E-state index in [1.807, 2.05) is 0 Å². The topological polar surface area (TPSA) is 35.5 Å². The molecule has 13 heavy (non-hydrogen) atoms. The van der Waals surface area contributed by atoms with Crippen molar-refractivity contribution in [3.05, 3.63) is 6.17 Å². The van der Waals surface area contributed by atoms with Gasteiger partial charge in [0.2, 0.25) is 6.17 Å². The van der Waals surface area contributed by atoms with Crippen LogP contribution >= 0.6 is 0 Å². The lowest BCUT2D eigenvalue weighted by molar-refractivity contribution is -0.139. The Morgan fingerprint density at radius 2 is 2.23 bits per heavy atom. The third-order valence-corrected chi connectivity index (χ3v) is 1.96. The van der Waals surface area contributed by atoms with Crippen LogP contribution in [0.15, 0.2) is 0 Å². The standard InChI is InChI=1S/C8H11F2O3/c1-12-7(11)13-8(10)5-3-2-4-6(8)9/h2-5H2,1H3. The average Bonchev–Trinajstić information content (AvgIpc) is 2.10. The molecule has 0 bridgehead atoms. The number of rotatable bonds is 1. The Morgan fingerprint density at radius 1 is 1.54 bits per heavy atom.